The summed E-state index contributed by atoms with van der Waals surface area (Å²) in [4.78, 5) is 15.7. The van der Waals surface area contributed by atoms with Crippen LogP contribution in [0.15, 0.2) is 10.2 Å². The fourth-order valence-electron chi connectivity index (χ4n) is 0.503. The van der Waals surface area contributed by atoms with Gasteiger partial charge >= 0.3 is 5.97 Å². The van der Waals surface area contributed by atoms with Crippen molar-refractivity contribution in [2.45, 2.75) is 6.42 Å². The number of nitrogens with zero attached hydrogens (tertiary/aromatic N) is 6. The molecule has 8 heteroatoms. The molecular weight excluding hydrogens is 176 g/mol. The van der Waals surface area contributed by atoms with Crippen LogP contribution in [0, 0.1) is 0 Å². The summed E-state index contributed by atoms with van der Waals surface area (Å²) < 4.78 is 4.60. The van der Waals surface area contributed by atoms with Gasteiger partial charge in [-0.1, -0.05) is 10.2 Å². The molecule has 0 atom stereocenters. The highest BCUT2D eigenvalue weighted by molar-refractivity contribution is 5.69. The van der Waals surface area contributed by atoms with Crippen LogP contribution < -0.4 is 0 Å². The van der Waals surface area contributed by atoms with Gasteiger partial charge in [-0.2, -0.15) is 0 Å². The van der Waals surface area contributed by atoms with E-state index in [9.17, 15) is 4.79 Å². The summed E-state index contributed by atoms with van der Waals surface area (Å²) in [5.74, 6) is -0.472. The largest absolute Gasteiger partial charge is 0.466 e. The molecule has 0 aliphatic heterocycles. The van der Waals surface area contributed by atoms with Crippen LogP contribution >= 0.6 is 0 Å². The Morgan fingerprint density at radius 2 is 1.85 bits per heavy atom. The number of ether oxygens (including phenoxy) is 1. The van der Waals surface area contributed by atoms with Crippen LogP contribution in [0.1, 0.15) is 6.42 Å². The number of esters is 1. The predicted molar refractivity (Wildman–Crippen MR) is 43.6 cm³/mol. The molecule has 8 nitrogen and oxygen atoms in total. The maximum atomic E-state index is 10.7. The van der Waals surface area contributed by atoms with Crippen LogP contribution in [0.25, 0.3) is 20.9 Å². The summed E-state index contributed by atoms with van der Waals surface area (Å²) in [6.07, 6.45) is 0.0420. The maximum absolute atomic E-state index is 10.7. The third kappa shape index (κ3) is 7.99. The summed E-state index contributed by atoms with van der Waals surface area (Å²) in [5, 5.41) is 6.32. The highest BCUT2D eigenvalue weighted by Crippen LogP contribution is 1.88. The van der Waals surface area contributed by atoms with Gasteiger partial charge in [0.2, 0.25) is 0 Å². The molecule has 13 heavy (non-hydrogen) atoms. The average Bonchev–Trinajstić information content (AvgIpc) is 2.13. The molecule has 0 fully saturated rings. The van der Waals surface area contributed by atoms with Crippen LogP contribution in [0.5, 0.6) is 0 Å². The summed E-state index contributed by atoms with van der Waals surface area (Å²) in [6, 6.07) is 0. The zero-order chi connectivity index (χ0) is 9.94. The quantitative estimate of drug-likeness (QED) is 0.204. The van der Waals surface area contributed by atoms with Crippen molar-refractivity contribution in [2.75, 3.05) is 19.7 Å². The molecule has 0 aromatic rings. The lowest BCUT2D eigenvalue weighted by Gasteiger charge is -1.99. The topological polar surface area (TPSA) is 124 Å². The van der Waals surface area contributed by atoms with E-state index in [1.807, 2.05) is 0 Å². The van der Waals surface area contributed by atoms with E-state index < -0.39 is 5.97 Å². The number of rotatable bonds is 6. The number of hydrogen-bond acceptors (Lipinski definition) is 4. The molecule has 0 unspecified atom stereocenters. The second-order valence-electron chi connectivity index (χ2n) is 1.88. The molecule has 0 bridgehead atoms. The average molecular weight is 184 g/mol. The number of hydrogen-bond donors (Lipinski definition) is 0. The molecule has 0 aliphatic carbocycles. The van der Waals surface area contributed by atoms with E-state index in [-0.39, 0.29) is 26.1 Å². The van der Waals surface area contributed by atoms with Gasteiger partial charge in [-0.25, -0.2) is 0 Å². The van der Waals surface area contributed by atoms with Crippen LogP contribution in [-0.2, 0) is 9.53 Å². The molecule has 0 saturated heterocycles. The van der Waals surface area contributed by atoms with Crippen LogP contribution in [0.2, 0.25) is 0 Å². The van der Waals surface area contributed by atoms with Gasteiger partial charge in [-0.15, -0.1) is 0 Å². The Morgan fingerprint density at radius 3 is 2.46 bits per heavy atom. The molecule has 0 aromatic carbocycles. The monoisotopic (exact) mass is 184 g/mol. The predicted octanol–water partition coefficient (Wildman–Crippen LogP) is 1.54. The van der Waals surface area contributed by atoms with Gasteiger partial charge in [0.05, 0.1) is 19.6 Å². The summed E-state index contributed by atoms with van der Waals surface area (Å²) in [5.41, 5.74) is 15.7. The molecule has 0 rings (SSSR count). The maximum Gasteiger partial charge on any atom is 0.305 e. The van der Waals surface area contributed by atoms with Crippen molar-refractivity contribution in [3.8, 4) is 0 Å². The first-order valence-corrected chi connectivity index (χ1v) is 3.48. The number of carbonyl (C=O) groups excluding carboxylic acids is 1. The zero-order valence-electron chi connectivity index (χ0n) is 6.83. The van der Waals surface area contributed by atoms with E-state index >= 15 is 0 Å². The molecule has 0 N–H and O–H groups in total. The normalized spacial score (nSPS) is 8.00. The van der Waals surface area contributed by atoms with E-state index in [2.05, 4.69) is 24.8 Å². The van der Waals surface area contributed by atoms with Crippen LogP contribution in [-0.4, -0.2) is 25.7 Å². The van der Waals surface area contributed by atoms with Crippen molar-refractivity contribution in [1.82, 2.24) is 0 Å². The van der Waals surface area contributed by atoms with E-state index in [1.54, 1.807) is 0 Å². The number of azide groups is 2. The molecule has 0 spiro atoms. The van der Waals surface area contributed by atoms with Gasteiger partial charge in [0.1, 0.15) is 0 Å². The van der Waals surface area contributed by atoms with Gasteiger partial charge in [0.15, 0.2) is 0 Å². The molecule has 0 amide bonds. The Bertz CT molecular complexity index is 252. The van der Waals surface area contributed by atoms with Crippen molar-refractivity contribution >= 4 is 5.97 Å². The molecule has 0 aliphatic rings. The third-order valence-electron chi connectivity index (χ3n) is 0.997. The first kappa shape index (κ1) is 11.1. The smallest absolute Gasteiger partial charge is 0.305 e. The third-order valence-corrected chi connectivity index (χ3v) is 0.997. The number of carbonyl (C=O) groups is 1. The van der Waals surface area contributed by atoms with Crippen LogP contribution in [0.4, 0.5) is 0 Å². The Kier molecular flexibility index (Phi) is 6.99. The molecule has 0 radical (unpaired) electrons. The summed E-state index contributed by atoms with van der Waals surface area (Å²) >= 11 is 0. The lowest BCUT2D eigenvalue weighted by atomic mass is 10.4. The van der Waals surface area contributed by atoms with E-state index in [0.29, 0.717) is 0 Å². The highest BCUT2D eigenvalue weighted by atomic mass is 16.5. The fourth-order valence-corrected chi connectivity index (χ4v) is 0.503. The molecule has 0 heterocycles. The Morgan fingerprint density at radius 1 is 1.23 bits per heavy atom. The molecular formula is C5H8N6O2. The second-order valence-corrected chi connectivity index (χ2v) is 1.88. The highest BCUT2D eigenvalue weighted by Gasteiger charge is 1.99. The lowest BCUT2D eigenvalue weighted by molar-refractivity contribution is -0.143. The zero-order valence-corrected chi connectivity index (χ0v) is 6.83. The minimum absolute atomic E-state index is 0.0420. The Balaban J connectivity index is 3.40. The molecule has 70 valence electrons. The summed E-state index contributed by atoms with van der Waals surface area (Å²) in [7, 11) is 0. The van der Waals surface area contributed by atoms with Crippen molar-refractivity contribution < 1.29 is 9.53 Å². The van der Waals surface area contributed by atoms with E-state index in [0.717, 1.165) is 0 Å². The van der Waals surface area contributed by atoms with Gasteiger partial charge in [0, 0.05) is 16.4 Å². The van der Waals surface area contributed by atoms with Crippen molar-refractivity contribution in [3.63, 3.8) is 0 Å². The minimum Gasteiger partial charge on any atom is -0.466 e. The van der Waals surface area contributed by atoms with Crippen molar-refractivity contribution in [2.24, 2.45) is 10.2 Å². The Labute approximate surface area is 73.7 Å². The fraction of sp³-hybridized carbons (Fsp3) is 0.800. The van der Waals surface area contributed by atoms with Gasteiger partial charge in [0.25, 0.3) is 0 Å². The van der Waals surface area contributed by atoms with Gasteiger partial charge in [-0.05, 0) is 11.1 Å². The van der Waals surface area contributed by atoms with Crippen LogP contribution in [0.3, 0.4) is 0 Å². The minimum atomic E-state index is -0.472. The first-order valence-electron chi connectivity index (χ1n) is 3.48. The van der Waals surface area contributed by atoms with Gasteiger partial charge < -0.3 is 4.74 Å². The molecule has 0 saturated carbocycles. The molecule has 0 aromatic heterocycles. The van der Waals surface area contributed by atoms with E-state index in [1.165, 1.54) is 0 Å². The van der Waals surface area contributed by atoms with Crippen molar-refractivity contribution in [1.29, 1.82) is 0 Å². The van der Waals surface area contributed by atoms with Gasteiger partial charge in [-0.3, -0.25) is 4.79 Å². The first-order chi connectivity index (χ1) is 6.31. The SMILES string of the molecule is [N-]=[N+]=NCCOC(=O)CCN=[N+]=[N-]. The standard InChI is InChI=1S/C5H8N6O2/c6-10-8-2-1-5(12)13-4-3-9-11-7/h1-4H2. The lowest BCUT2D eigenvalue weighted by Crippen LogP contribution is -2.08. The second kappa shape index (κ2) is 8.19. The van der Waals surface area contributed by atoms with Crippen molar-refractivity contribution in [3.05, 3.63) is 20.9 Å². The Hall–Kier alpha value is -1.91. The van der Waals surface area contributed by atoms with E-state index in [4.69, 9.17) is 11.1 Å². The summed E-state index contributed by atoms with van der Waals surface area (Å²) in [6.45, 7) is 0.250.